The lowest BCUT2D eigenvalue weighted by Crippen LogP contribution is -2.47. The van der Waals surface area contributed by atoms with Gasteiger partial charge in [0.25, 0.3) is 0 Å². The number of esters is 1. The van der Waals surface area contributed by atoms with Crippen molar-refractivity contribution in [2.45, 2.75) is 31.7 Å². The Balaban J connectivity index is 2.30. The fourth-order valence-corrected chi connectivity index (χ4v) is 2.04. The number of methoxy groups -OCH3 is 1. The lowest BCUT2D eigenvalue weighted by molar-refractivity contribution is -0.142. The van der Waals surface area contributed by atoms with Crippen molar-refractivity contribution in [2.75, 3.05) is 26.9 Å². The van der Waals surface area contributed by atoms with Gasteiger partial charge in [-0.25, -0.2) is 9.59 Å². The topological polar surface area (TPSA) is 114 Å². The summed E-state index contributed by atoms with van der Waals surface area (Å²) in [5, 5.41) is 14.0. The zero-order chi connectivity index (χ0) is 15.7. The first-order valence-corrected chi connectivity index (χ1v) is 6.94. The van der Waals surface area contributed by atoms with Gasteiger partial charge in [-0.15, -0.1) is 0 Å². The summed E-state index contributed by atoms with van der Waals surface area (Å²) in [7, 11) is 1.23. The number of carbonyl (C=O) groups is 3. The van der Waals surface area contributed by atoms with E-state index >= 15 is 0 Å². The van der Waals surface area contributed by atoms with Crippen LogP contribution in [0.15, 0.2) is 0 Å². The van der Waals surface area contributed by atoms with Crippen molar-refractivity contribution < 1.29 is 29.0 Å². The van der Waals surface area contributed by atoms with Crippen molar-refractivity contribution in [2.24, 2.45) is 5.92 Å². The average Bonchev–Trinajstić information content (AvgIpc) is 2.49. The lowest BCUT2D eigenvalue weighted by atomic mass is 10.0. The van der Waals surface area contributed by atoms with Crippen LogP contribution in [-0.2, 0) is 19.1 Å². The van der Waals surface area contributed by atoms with Crippen molar-refractivity contribution in [3.05, 3.63) is 0 Å². The molecule has 0 spiro atoms. The molecule has 0 aliphatic carbocycles. The molecule has 0 aromatic rings. The molecule has 1 heterocycles. The standard InChI is InChI=1S/C13H22N2O6/c1-20-11(16)5-4-10(12(17)18)15-13(19)14-7-9-3-2-6-21-8-9/h9-10H,2-8H2,1H3,(H,17,18)(H2,14,15,19)/t9?,10-/m0/s1. The van der Waals surface area contributed by atoms with Crippen LogP contribution in [0.25, 0.3) is 0 Å². The van der Waals surface area contributed by atoms with Crippen LogP contribution in [0.4, 0.5) is 4.79 Å². The first kappa shape index (κ1) is 17.2. The molecule has 0 aromatic heterocycles. The van der Waals surface area contributed by atoms with Crippen molar-refractivity contribution in [1.82, 2.24) is 10.6 Å². The number of carbonyl (C=O) groups excluding carboxylic acids is 2. The Bertz CT molecular complexity index is 368. The van der Waals surface area contributed by atoms with Crippen molar-refractivity contribution in [3.8, 4) is 0 Å². The summed E-state index contributed by atoms with van der Waals surface area (Å²) in [5.41, 5.74) is 0. The van der Waals surface area contributed by atoms with Crippen LogP contribution in [-0.4, -0.2) is 56.0 Å². The summed E-state index contributed by atoms with van der Waals surface area (Å²) in [5.74, 6) is -1.44. The zero-order valence-corrected chi connectivity index (χ0v) is 12.1. The molecule has 0 saturated carbocycles. The van der Waals surface area contributed by atoms with Gasteiger partial charge in [0.05, 0.1) is 13.7 Å². The molecule has 1 fully saturated rings. The first-order chi connectivity index (χ1) is 10.0. The normalized spacial score (nSPS) is 19.4. The van der Waals surface area contributed by atoms with Gasteiger partial charge in [0.1, 0.15) is 6.04 Å². The third-order valence-electron chi connectivity index (χ3n) is 3.27. The molecule has 1 rings (SSSR count). The summed E-state index contributed by atoms with van der Waals surface area (Å²) < 4.78 is 9.73. The molecule has 3 N–H and O–H groups in total. The Hall–Kier alpha value is -1.83. The molecule has 21 heavy (non-hydrogen) atoms. The van der Waals surface area contributed by atoms with Gasteiger partial charge in [-0.1, -0.05) is 0 Å². The Labute approximate surface area is 123 Å². The number of carboxylic acids is 1. The quantitative estimate of drug-likeness (QED) is 0.575. The van der Waals surface area contributed by atoms with Gasteiger partial charge in [-0.05, 0) is 25.2 Å². The highest BCUT2D eigenvalue weighted by molar-refractivity contribution is 5.83. The van der Waals surface area contributed by atoms with Gasteiger partial charge in [-0.3, -0.25) is 4.79 Å². The van der Waals surface area contributed by atoms with Gasteiger partial charge < -0.3 is 25.2 Å². The van der Waals surface area contributed by atoms with Crippen LogP contribution in [0.5, 0.6) is 0 Å². The van der Waals surface area contributed by atoms with Crippen molar-refractivity contribution >= 4 is 18.0 Å². The molecule has 1 unspecified atom stereocenters. The minimum atomic E-state index is -1.19. The molecular formula is C13H22N2O6. The highest BCUT2D eigenvalue weighted by Gasteiger charge is 2.22. The van der Waals surface area contributed by atoms with Gasteiger partial charge in [0.15, 0.2) is 0 Å². The predicted octanol–water partition coefficient (Wildman–Crippen LogP) is 0.119. The first-order valence-electron chi connectivity index (χ1n) is 6.94. The predicted molar refractivity (Wildman–Crippen MR) is 72.8 cm³/mol. The van der Waals surface area contributed by atoms with E-state index in [0.717, 1.165) is 19.4 Å². The molecule has 2 atom stereocenters. The van der Waals surface area contributed by atoms with Crippen LogP contribution in [0.2, 0.25) is 0 Å². The van der Waals surface area contributed by atoms with E-state index in [1.165, 1.54) is 7.11 Å². The largest absolute Gasteiger partial charge is 0.480 e. The van der Waals surface area contributed by atoms with E-state index in [2.05, 4.69) is 15.4 Å². The molecule has 0 bridgehead atoms. The third kappa shape index (κ3) is 6.94. The number of hydrogen-bond acceptors (Lipinski definition) is 5. The summed E-state index contributed by atoms with van der Waals surface area (Å²) in [6, 6.07) is -1.68. The number of nitrogens with one attached hydrogen (secondary N) is 2. The van der Waals surface area contributed by atoms with Crippen LogP contribution >= 0.6 is 0 Å². The van der Waals surface area contributed by atoms with Crippen LogP contribution in [0, 0.1) is 5.92 Å². The highest BCUT2D eigenvalue weighted by Crippen LogP contribution is 2.12. The van der Waals surface area contributed by atoms with E-state index in [1.54, 1.807) is 0 Å². The number of hydrogen-bond donors (Lipinski definition) is 3. The number of ether oxygens (including phenoxy) is 2. The molecule has 0 aromatic carbocycles. The molecule has 2 amide bonds. The fraction of sp³-hybridized carbons (Fsp3) is 0.769. The average molecular weight is 302 g/mol. The van der Waals surface area contributed by atoms with E-state index < -0.39 is 24.0 Å². The van der Waals surface area contributed by atoms with Crippen molar-refractivity contribution in [3.63, 3.8) is 0 Å². The molecule has 8 heteroatoms. The maximum Gasteiger partial charge on any atom is 0.326 e. The number of rotatable bonds is 7. The van der Waals surface area contributed by atoms with Gasteiger partial charge in [-0.2, -0.15) is 0 Å². The summed E-state index contributed by atoms with van der Waals surface area (Å²) >= 11 is 0. The van der Waals surface area contributed by atoms with E-state index in [-0.39, 0.29) is 18.8 Å². The maximum atomic E-state index is 11.7. The number of urea groups is 1. The number of carboxylic acid groups (broad SMARTS) is 1. The Morgan fingerprint density at radius 2 is 2.19 bits per heavy atom. The SMILES string of the molecule is COC(=O)CC[C@H](NC(=O)NCC1CCCOC1)C(=O)O. The zero-order valence-electron chi connectivity index (χ0n) is 12.1. The molecule has 120 valence electrons. The summed E-state index contributed by atoms with van der Waals surface area (Å²) in [6.07, 6.45) is 1.86. The van der Waals surface area contributed by atoms with Gasteiger partial charge in [0, 0.05) is 19.6 Å². The molecule has 1 saturated heterocycles. The third-order valence-corrected chi connectivity index (χ3v) is 3.27. The summed E-state index contributed by atoms with van der Waals surface area (Å²) in [4.78, 5) is 33.7. The molecule has 1 aliphatic rings. The fourth-order valence-electron chi connectivity index (χ4n) is 2.04. The molecule has 0 radical (unpaired) electrons. The second-order valence-corrected chi connectivity index (χ2v) is 4.94. The van der Waals surface area contributed by atoms with Crippen molar-refractivity contribution in [1.29, 1.82) is 0 Å². The Kier molecular flexibility index (Phi) is 7.52. The minimum absolute atomic E-state index is 0.0119. The monoisotopic (exact) mass is 302 g/mol. The second kappa shape index (κ2) is 9.17. The van der Waals surface area contributed by atoms with E-state index in [1.807, 2.05) is 0 Å². The Morgan fingerprint density at radius 1 is 1.43 bits per heavy atom. The Morgan fingerprint density at radius 3 is 2.76 bits per heavy atom. The minimum Gasteiger partial charge on any atom is -0.480 e. The van der Waals surface area contributed by atoms with Crippen LogP contribution in [0.1, 0.15) is 25.7 Å². The van der Waals surface area contributed by atoms with Gasteiger partial charge in [0.2, 0.25) is 0 Å². The van der Waals surface area contributed by atoms with Crippen LogP contribution < -0.4 is 10.6 Å². The smallest absolute Gasteiger partial charge is 0.326 e. The van der Waals surface area contributed by atoms with E-state index in [9.17, 15) is 14.4 Å². The van der Waals surface area contributed by atoms with Gasteiger partial charge >= 0.3 is 18.0 Å². The molecular weight excluding hydrogens is 280 g/mol. The maximum absolute atomic E-state index is 11.7. The molecule has 8 nitrogen and oxygen atoms in total. The van der Waals surface area contributed by atoms with E-state index in [0.29, 0.717) is 13.2 Å². The van der Waals surface area contributed by atoms with E-state index in [4.69, 9.17) is 9.84 Å². The van der Waals surface area contributed by atoms with Crippen LogP contribution in [0.3, 0.4) is 0 Å². The second-order valence-electron chi connectivity index (χ2n) is 4.94. The summed E-state index contributed by atoms with van der Waals surface area (Å²) in [6.45, 7) is 1.79. The lowest BCUT2D eigenvalue weighted by Gasteiger charge is -2.22. The number of amides is 2. The molecule has 1 aliphatic heterocycles. The number of aliphatic carboxylic acids is 1. The highest BCUT2D eigenvalue weighted by atomic mass is 16.5.